The lowest BCUT2D eigenvalue weighted by Crippen LogP contribution is -2.15. The van der Waals surface area contributed by atoms with Crippen molar-refractivity contribution in [3.63, 3.8) is 0 Å². The van der Waals surface area contributed by atoms with Crippen molar-refractivity contribution < 1.29 is 19.3 Å². The predicted octanol–water partition coefficient (Wildman–Crippen LogP) is 3.11. The third-order valence-electron chi connectivity index (χ3n) is 2.93. The van der Waals surface area contributed by atoms with E-state index in [2.05, 4.69) is 20.3 Å². The fourth-order valence-electron chi connectivity index (χ4n) is 1.84. The van der Waals surface area contributed by atoms with Crippen molar-refractivity contribution in [1.82, 2.24) is 0 Å². The van der Waals surface area contributed by atoms with Crippen LogP contribution in [-0.2, 0) is 25.9 Å². The molecule has 0 radical (unpaired) electrons. The zero-order chi connectivity index (χ0) is 17.9. The van der Waals surface area contributed by atoms with Crippen LogP contribution in [0.25, 0.3) is 0 Å². The van der Waals surface area contributed by atoms with E-state index in [1.165, 1.54) is 21.1 Å². The number of nitrogens with zero attached hydrogens (tertiary/aromatic N) is 3. The molecule has 0 unspecified atom stereocenters. The number of benzene rings is 1. The van der Waals surface area contributed by atoms with Crippen LogP contribution in [0.2, 0.25) is 0 Å². The molecule has 0 amide bonds. The van der Waals surface area contributed by atoms with Gasteiger partial charge in [0.1, 0.15) is 26.5 Å². The van der Waals surface area contributed by atoms with Crippen LogP contribution in [0.15, 0.2) is 39.7 Å². The van der Waals surface area contributed by atoms with Gasteiger partial charge in [-0.2, -0.15) is 0 Å². The summed E-state index contributed by atoms with van der Waals surface area (Å²) in [6, 6.07) is 7.18. The van der Waals surface area contributed by atoms with Gasteiger partial charge >= 0.3 is 0 Å². The maximum atomic E-state index is 11.7. The Kier molecular flexibility index (Phi) is 8.49. The summed E-state index contributed by atoms with van der Waals surface area (Å²) in [5, 5.41) is 11.5. The molecule has 0 saturated heterocycles. The molecule has 1 rings (SSSR count). The van der Waals surface area contributed by atoms with E-state index < -0.39 is 0 Å². The van der Waals surface area contributed by atoms with Crippen molar-refractivity contribution in [2.45, 2.75) is 26.9 Å². The zero-order valence-electron chi connectivity index (χ0n) is 14.1. The third-order valence-corrected chi connectivity index (χ3v) is 3.21. The maximum Gasteiger partial charge on any atom is 0.193 e. The average Bonchev–Trinajstić information content (AvgIpc) is 2.57. The molecule has 1 aromatic rings. The molecule has 0 N–H and O–H groups in total. The Morgan fingerprint density at radius 3 is 2.38 bits per heavy atom. The molecule has 0 atom stereocenters. The molecular weight excluding hydrogens is 334 g/mol. The molecule has 0 aromatic heterocycles. The summed E-state index contributed by atoms with van der Waals surface area (Å²) >= 11 is 6.01. The van der Waals surface area contributed by atoms with Crippen LogP contribution in [0.1, 0.15) is 31.4 Å². The molecule has 8 heteroatoms. The van der Waals surface area contributed by atoms with Crippen LogP contribution in [0.5, 0.6) is 0 Å². The first-order chi connectivity index (χ1) is 11.5. The van der Waals surface area contributed by atoms with Gasteiger partial charge in [-0.05, 0) is 6.42 Å². The van der Waals surface area contributed by atoms with Gasteiger partial charge in [0, 0.05) is 18.1 Å². The molecule has 0 fully saturated rings. The van der Waals surface area contributed by atoms with E-state index in [-0.39, 0.29) is 23.3 Å². The van der Waals surface area contributed by atoms with Crippen molar-refractivity contribution in [2.24, 2.45) is 15.5 Å². The quantitative estimate of drug-likeness (QED) is 0.504. The summed E-state index contributed by atoms with van der Waals surface area (Å²) < 4.78 is 0. The normalized spacial score (nSPS) is 12.8. The van der Waals surface area contributed by atoms with Crippen molar-refractivity contribution in [1.29, 1.82) is 0 Å². The molecule has 0 heterocycles. The Balaban J connectivity index is 2.96. The Bertz CT molecular complexity index is 656. The maximum absolute atomic E-state index is 11.7. The lowest BCUT2D eigenvalue weighted by Gasteiger charge is -2.09. The number of Topliss-reactive ketones (excluding diaryl/α,β-unsaturated/α-hetero) is 1. The second kappa shape index (κ2) is 10.4. The standard InChI is InChI=1S/C16H20ClN3O4/c1-5-14(18-22-3)16(17)20-24-10-12-8-6-7-9-13(12)15(11(2)21)19-23-4/h6-9H,5,10H2,1-4H3/b18-14+,19-15-,20-16-. The van der Waals surface area contributed by atoms with E-state index in [1.807, 2.05) is 13.0 Å². The van der Waals surface area contributed by atoms with Crippen LogP contribution < -0.4 is 0 Å². The minimum atomic E-state index is -0.216. The van der Waals surface area contributed by atoms with Gasteiger partial charge in [0.05, 0.1) is 0 Å². The van der Waals surface area contributed by atoms with Gasteiger partial charge in [-0.15, -0.1) is 0 Å². The van der Waals surface area contributed by atoms with Gasteiger partial charge in [-0.3, -0.25) is 4.79 Å². The number of ketones is 1. The smallest absolute Gasteiger partial charge is 0.193 e. The van der Waals surface area contributed by atoms with Gasteiger partial charge in [-0.1, -0.05) is 58.3 Å². The number of halogens is 1. The Morgan fingerprint density at radius 1 is 1.12 bits per heavy atom. The van der Waals surface area contributed by atoms with Crippen LogP contribution >= 0.6 is 11.6 Å². The number of oxime groups is 3. The summed E-state index contributed by atoms with van der Waals surface area (Å²) in [4.78, 5) is 26.4. The van der Waals surface area contributed by atoms with Gasteiger partial charge in [0.15, 0.2) is 16.7 Å². The highest BCUT2D eigenvalue weighted by Gasteiger charge is 2.15. The summed E-state index contributed by atoms with van der Waals surface area (Å²) in [6.45, 7) is 3.39. The minimum absolute atomic E-state index is 0.104. The van der Waals surface area contributed by atoms with E-state index in [9.17, 15) is 4.79 Å². The number of rotatable bonds is 9. The molecule has 0 spiro atoms. The molecular formula is C16H20ClN3O4. The van der Waals surface area contributed by atoms with Crippen LogP contribution in [0.3, 0.4) is 0 Å². The minimum Gasteiger partial charge on any atom is -0.399 e. The highest BCUT2D eigenvalue weighted by Crippen LogP contribution is 2.13. The first-order valence-corrected chi connectivity index (χ1v) is 7.59. The second-order valence-corrected chi connectivity index (χ2v) is 4.92. The van der Waals surface area contributed by atoms with Crippen molar-refractivity contribution in [2.75, 3.05) is 14.2 Å². The van der Waals surface area contributed by atoms with E-state index in [4.69, 9.17) is 21.3 Å². The average molecular weight is 354 g/mol. The van der Waals surface area contributed by atoms with Crippen molar-refractivity contribution in [3.05, 3.63) is 35.4 Å². The topological polar surface area (TPSA) is 81.8 Å². The number of hydrogen-bond acceptors (Lipinski definition) is 7. The molecule has 1 aromatic carbocycles. The lowest BCUT2D eigenvalue weighted by atomic mass is 10.0. The molecule has 0 aliphatic carbocycles. The van der Waals surface area contributed by atoms with Gasteiger partial charge < -0.3 is 14.5 Å². The molecule has 0 aliphatic rings. The van der Waals surface area contributed by atoms with Crippen LogP contribution in [-0.4, -0.2) is 36.6 Å². The van der Waals surface area contributed by atoms with Crippen molar-refractivity contribution >= 4 is 34.0 Å². The lowest BCUT2D eigenvalue weighted by molar-refractivity contribution is -0.111. The summed E-state index contributed by atoms with van der Waals surface area (Å²) in [5.74, 6) is -0.216. The zero-order valence-corrected chi connectivity index (χ0v) is 14.8. The van der Waals surface area contributed by atoms with Gasteiger partial charge in [0.25, 0.3) is 0 Å². The van der Waals surface area contributed by atoms with Crippen molar-refractivity contribution in [3.8, 4) is 0 Å². The molecule has 130 valence electrons. The van der Waals surface area contributed by atoms with E-state index in [0.29, 0.717) is 17.7 Å². The predicted molar refractivity (Wildman–Crippen MR) is 93.5 cm³/mol. The first kappa shape index (κ1) is 19.6. The molecule has 24 heavy (non-hydrogen) atoms. The summed E-state index contributed by atoms with van der Waals surface area (Å²) in [7, 11) is 2.81. The highest BCUT2D eigenvalue weighted by molar-refractivity contribution is 6.83. The van der Waals surface area contributed by atoms with E-state index in [0.717, 1.165) is 5.56 Å². The van der Waals surface area contributed by atoms with Crippen LogP contribution in [0.4, 0.5) is 0 Å². The largest absolute Gasteiger partial charge is 0.399 e. The van der Waals surface area contributed by atoms with E-state index >= 15 is 0 Å². The third kappa shape index (κ3) is 5.66. The fourth-order valence-corrected chi connectivity index (χ4v) is 2.06. The van der Waals surface area contributed by atoms with Crippen LogP contribution in [0, 0.1) is 0 Å². The Hall–Kier alpha value is -2.41. The molecule has 0 bridgehead atoms. The van der Waals surface area contributed by atoms with Gasteiger partial charge in [0.2, 0.25) is 0 Å². The van der Waals surface area contributed by atoms with Gasteiger partial charge in [-0.25, -0.2) is 0 Å². The number of hydrogen-bond donors (Lipinski definition) is 0. The molecule has 7 nitrogen and oxygen atoms in total. The summed E-state index contributed by atoms with van der Waals surface area (Å²) in [6.07, 6.45) is 0.547. The molecule has 0 saturated carbocycles. The summed E-state index contributed by atoms with van der Waals surface area (Å²) in [5.41, 5.74) is 2.01. The fraction of sp³-hybridized carbons (Fsp3) is 0.375. The number of carbonyl (C=O) groups is 1. The Labute approximate surface area is 145 Å². The Morgan fingerprint density at radius 2 is 1.79 bits per heavy atom. The SMILES string of the molecule is CCC(=N\OC)/C(Cl)=N/OCc1ccccc1/C(=N\OC)C(C)=O. The highest BCUT2D eigenvalue weighted by atomic mass is 35.5. The second-order valence-electron chi connectivity index (χ2n) is 4.57. The number of carbonyl (C=O) groups excluding carboxylic acids is 1. The molecule has 0 aliphatic heterocycles. The van der Waals surface area contributed by atoms with E-state index in [1.54, 1.807) is 18.2 Å². The first-order valence-electron chi connectivity index (χ1n) is 7.21. The monoisotopic (exact) mass is 353 g/mol.